The molecule has 0 N–H and O–H groups in total. The molecule has 3 heteroatoms. The summed E-state index contributed by atoms with van der Waals surface area (Å²) < 4.78 is 0. The second-order valence-corrected chi connectivity index (χ2v) is 5.49. The van der Waals surface area contributed by atoms with Crippen molar-refractivity contribution in [2.75, 3.05) is 0 Å². The molecule has 0 bridgehead atoms. The summed E-state index contributed by atoms with van der Waals surface area (Å²) >= 11 is 7.61. The monoisotopic (exact) mass is 273 g/mol. The van der Waals surface area contributed by atoms with Gasteiger partial charge < -0.3 is 0 Å². The van der Waals surface area contributed by atoms with E-state index < -0.39 is 0 Å². The highest BCUT2D eigenvalue weighted by Gasteiger charge is 2.01. The lowest BCUT2D eigenvalue weighted by Crippen LogP contribution is -1.84. The van der Waals surface area contributed by atoms with E-state index in [0.29, 0.717) is 0 Å². The topological polar surface area (TPSA) is 23.8 Å². The number of benzene rings is 2. The van der Waals surface area contributed by atoms with Gasteiger partial charge in [0, 0.05) is 15.7 Å². The van der Waals surface area contributed by atoms with Gasteiger partial charge in [-0.1, -0.05) is 23.7 Å². The first-order valence-corrected chi connectivity index (χ1v) is 6.93. The average molecular weight is 274 g/mol. The number of rotatable bonds is 3. The minimum atomic E-state index is 0.742. The van der Waals surface area contributed by atoms with Crippen LogP contribution in [0.25, 0.3) is 0 Å². The molecule has 0 spiro atoms. The number of hydrogen-bond donors (Lipinski definition) is 0. The molecule has 0 saturated carbocycles. The summed E-state index contributed by atoms with van der Waals surface area (Å²) in [5.74, 6) is 0.905. The zero-order chi connectivity index (χ0) is 13.0. The Morgan fingerprint density at radius 2 is 1.89 bits per heavy atom. The van der Waals surface area contributed by atoms with Crippen molar-refractivity contribution in [1.29, 1.82) is 5.26 Å². The fourth-order valence-electron chi connectivity index (χ4n) is 1.60. The van der Waals surface area contributed by atoms with Gasteiger partial charge in [0.1, 0.15) is 0 Å². The quantitative estimate of drug-likeness (QED) is 0.749. The number of aryl methyl sites for hydroxylation is 1. The average Bonchev–Trinajstić information content (AvgIpc) is 2.38. The molecule has 2 rings (SSSR count). The Kier molecular flexibility index (Phi) is 4.30. The molecule has 0 aliphatic rings. The zero-order valence-electron chi connectivity index (χ0n) is 9.98. The van der Waals surface area contributed by atoms with Crippen LogP contribution in [0.1, 0.15) is 16.7 Å². The second kappa shape index (κ2) is 5.95. The molecular formula is C15H12ClNS. The Morgan fingerprint density at radius 3 is 2.50 bits per heavy atom. The summed E-state index contributed by atoms with van der Waals surface area (Å²) in [4.78, 5) is 1.18. The molecule has 0 saturated heterocycles. The molecule has 0 aliphatic heterocycles. The Labute approximate surface area is 116 Å². The van der Waals surface area contributed by atoms with Crippen LogP contribution in [0.4, 0.5) is 0 Å². The van der Waals surface area contributed by atoms with Gasteiger partial charge in [0.05, 0.1) is 11.6 Å². The summed E-state index contributed by atoms with van der Waals surface area (Å²) in [5, 5.41) is 9.64. The molecule has 18 heavy (non-hydrogen) atoms. The molecule has 0 heterocycles. The van der Waals surface area contributed by atoms with Gasteiger partial charge in [0.15, 0.2) is 0 Å². The predicted octanol–water partition coefficient (Wildman–Crippen LogP) is 4.81. The Balaban J connectivity index is 2.04. The number of halogens is 1. The number of thioether (sulfide) groups is 1. The van der Waals surface area contributed by atoms with Crippen molar-refractivity contribution in [3.63, 3.8) is 0 Å². The lowest BCUT2D eigenvalue weighted by atomic mass is 10.1. The summed E-state index contributed by atoms with van der Waals surface area (Å²) in [6.07, 6.45) is 0. The highest BCUT2D eigenvalue weighted by Crippen LogP contribution is 2.25. The third-order valence-electron chi connectivity index (χ3n) is 2.64. The minimum absolute atomic E-state index is 0.742. The van der Waals surface area contributed by atoms with Crippen molar-refractivity contribution in [1.82, 2.24) is 0 Å². The molecule has 0 aliphatic carbocycles. The van der Waals surface area contributed by atoms with E-state index in [9.17, 15) is 0 Å². The lowest BCUT2D eigenvalue weighted by Gasteiger charge is -2.04. The van der Waals surface area contributed by atoms with E-state index in [1.807, 2.05) is 43.3 Å². The van der Waals surface area contributed by atoms with E-state index in [2.05, 4.69) is 12.1 Å². The molecule has 2 aromatic rings. The third-order valence-corrected chi connectivity index (χ3v) is 3.95. The zero-order valence-corrected chi connectivity index (χ0v) is 11.6. The summed E-state index contributed by atoms with van der Waals surface area (Å²) in [6.45, 7) is 1.96. The second-order valence-electron chi connectivity index (χ2n) is 4.00. The van der Waals surface area contributed by atoms with Gasteiger partial charge >= 0.3 is 0 Å². The SMILES string of the molecule is Cc1cc(SCc2ccc(Cl)cc2)ccc1C#N. The van der Waals surface area contributed by atoms with Crippen molar-refractivity contribution in [2.45, 2.75) is 17.6 Å². The minimum Gasteiger partial charge on any atom is -0.192 e. The molecule has 90 valence electrons. The van der Waals surface area contributed by atoms with Crippen LogP contribution < -0.4 is 0 Å². The highest BCUT2D eigenvalue weighted by molar-refractivity contribution is 7.98. The Morgan fingerprint density at radius 1 is 1.17 bits per heavy atom. The van der Waals surface area contributed by atoms with Crippen LogP contribution in [-0.2, 0) is 5.75 Å². The molecule has 1 nitrogen and oxygen atoms in total. The van der Waals surface area contributed by atoms with Crippen LogP contribution in [0.3, 0.4) is 0 Å². The van der Waals surface area contributed by atoms with Crippen molar-refractivity contribution in [3.8, 4) is 6.07 Å². The molecule has 0 aromatic heterocycles. The molecule has 0 amide bonds. The van der Waals surface area contributed by atoms with Crippen LogP contribution >= 0.6 is 23.4 Å². The number of nitrogens with zero attached hydrogens (tertiary/aromatic N) is 1. The van der Waals surface area contributed by atoms with E-state index in [1.54, 1.807) is 11.8 Å². The standard InChI is InChI=1S/C15H12ClNS/c1-11-8-15(7-4-13(11)9-17)18-10-12-2-5-14(16)6-3-12/h2-8H,10H2,1H3. The lowest BCUT2D eigenvalue weighted by molar-refractivity contribution is 1.31. The van der Waals surface area contributed by atoms with Gasteiger partial charge in [-0.3, -0.25) is 0 Å². The maximum atomic E-state index is 8.87. The molecule has 0 unspecified atom stereocenters. The van der Waals surface area contributed by atoms with Gasteiger partial charge in [0.25, 0.3) is 0 Å². The molecule has 0 atom stereocenters. The van der Waals surface area contributed by atoms with Crippen LogP contribution in [0.15, 0.2) is 47.4 Å². The molecule has 2 aromatic carbocycles. The van der Waals surface area contributed by atoms with Crippen LogP contribution in [0.5, 0.6) is 0 Å². The summed E-state index contributed by atoms with van der Waals surface area (Å²) in [6, 6.07) is 16.0. The molecule has 0 fully saturated rings. The van der Waals surface area contributed by atoms with Crippen molar-refractivity contribution in [3.05, 3.63) is 64.2 Å². The Bertz CT molecular complexity index is 584. The first-order valence-electron chi connectivity index (χ1n) is 5.57. The normalized spacial score (nSPS) is 10.1. The van der Waals surface area contributed by atoms with Crippen molar-refractivity contribution >= 4 is 23.4 Å². The smallest absolute Gasteiger partial charge is 0.0994 e. The third kappa shape index (κ3) is 3.29. The highest BCUT2D eigenvalue weighted by atomic mass is 35.5. The van der Waals surface area contributed by atoms with Gasteiger partial charge in [-0.25, -0.2) is 0 Å². The van der Waals surface area contributed by atoms with E-state index in [1.165, 1.54) is 10.5 Å². The first-order chi connectivity index (χ1) is 8.69. The van der Waals surface area contributed by atoms with Crippen LogP contribution in [0.2, 0.25) is 5.02 Å². The van der Waals surface area contributed by atoms with Gasteiger partial charge in [-0.05, 0) is 48.4 Å². The molecular weight excluding hydrogens is 262 g/mol. The molecule has 0 radical (unpaired) electrons. The first kappa shape index (κ1) is 13.0. The van der Waals surface area contributed by atoms with Crippen LogP contribution in [0, 0.1) is 18.3 Å². The van der Waals surface area contributed by atoms with Gasteiger partial charge in [-0.2, -0.15) is 5.26 Å². The van der Waals surface area contributed by atoms with E-state index in [-0.39, 0.29) is 0 Å². The fourth-order valence-corrected chi connectivity index (χ4v) is 2.67. The predicted molar refractivity (Wildman–Crippen MR) is 76.9 cm³/mol. The summed E-state index contributed by atoms with van der Waals surface area (Å²) in [7, 11) is 0. The maximum absolute atomic E-state index is 8.87. The van der Waals surface area contributed by atoms with E-state index in [4.69, 9.17) is 16.9 Å². The van der Waals surface area contributed by atoms with Crippen LogP contribution in [-0.4, -0.2) is 0 Å². The van der Waals surface area contributed by atoms with Gasteiger partial charge in [-0.15, -0.1) is 11.8 Å². The number of hydrogen-bond acceptors (Lipinski definition) is 2. The fraction of sp³-hybridized carbons (Fsp3) is 0.133. The number of nitriles is 1. The Hall–Kier alpha value is -1.43. The van der Waals surface area contributed by atoms with E-state index in [0.717, 1.165) is 21.9 Å². The summed E-state index contributed by atoms with van der Waals surface area (Å²) in [5.41, 5.74) is 3.01. The largest absolute Gasteiger partial charge is 0.192 e. The van der Waals surface area contributed by atoms with Crippen molar-refractivity contribution in [2.24, 2.45) is 0 Å². The van der Waals surface area contributed by atoms with Gasteiger partial charge in [0.2, 0.25) is 0 Å². The van der Waals surface area contributed by atoms with Crippen molar-refractivity contribution < 1.29 is 0 Å². The van der Waals surface area contributed by atoms with E-state index >= 15 is 0 Å². The maximum Gasteiger partial charge on any atom is 0.0994 e.